The standard InChI is InChI=1S/C14H26N2S2/c1-4-7-8-15-10-13-12(6-3)16-14(18-13)11-17-9-5-2/h15H,4-11H2,1-3H3. The van der Waals surface area contributed by atoms with E-state index in [4.69, 9.17) is 4.98 Å². The summed E-state index contributed by atoms with van der Waals surface area (Å²) in [6.45, 7) is 8.79. The van der Waals surface area contributed by atoms with Crippen molar-refractivity contribution in [3.05, 3.63) is 15.6 Å². The number of aryl methyl sites for hydroxylation is 1. The van der Waals surface area contributed by atoms with Crippen molar-refractivity contribution in [1.29, 1.82) is 0 Å². The highest BCUT2D eigenvalue weighted by molar-refractivity contribution is 7.98. The summed E-state index contributed by atoms with van der Waals surface area (Å²) in [4.78, 5) is 6.20. The lowest BCUT2D eigenvalue weighted by atomic mass is 10.3. The Hall–Kier alpha value is -0.0600. The van der Waals surface area contributed by atoms with E-state index in [2.05, 4.69) is 26.1 Å². The van der Waals surface area contributed by atoms with Crippen LogP contribution in [0.1, 0.15) is 55.6 Å². The molecule has 0 unspecified atom stereocenters. The number of hydrogen-bond donors (Lipinski definition) is 1. The Bertz CT molecular complexity index is 324. The van der Waals surface area contributed by atoms with Crippen molar-refractivity contribution in [2.45, 2.75) is 58.8 Å². The summed E-state index contributed by atoms with van der Waals surface area (Å²) in [6.07, 6.45) is 4.83. The Morgan fingerprint density at radius 1 is 1.22 bits per heavy atom. The van der Waals surface area contributed by atoms with Crippen LogP contribution in [0.25, 0.3) is 0 Å². The molecule has 0 atom stereocenters. The fraction of sp³-hybridized carbons (Fsp3) is 0.786. The van der Waals surface area contributed by atoms with Crippen molar-refractivity contribution in [3.63, 3.8) is 0 Å². The highest BCUT2D eigenvalue weighted by Crippen LogP contribution is 2.23. The minimum atomic E-state index is 0.999. The molecule has 1 N–H and O–H groups in total. The van der Waals surface area contributed by atoms with Gasteiger partial charge in [-0.25, -0.2) is 4.98 Å². The zero-order valence-corrected chi connectivity index (χ0v) is 13.6. The van der Waals surface area contributed by atoms with Gasteiger partial charge in [-0.2, -0.15) is 11.8 Å². The Balaban J connectivity index is 2.44. The van der Waals surface area contributed by atoms with E-state index in [-0.39, 0.29) is 0 Å². The van der Waals surface area contributed by atoms with Gasteiger partial charge >= 0.3 is 0 Å². The Labute approximate surface area is 120 Å². The third-order valence-corrected chi connectivity index (χ3v) is 5.18. The molecule has 4 heteroatoms. The number of unbranched alkanes of at least 4 members (excludes halogenated alkanes) is 1. The van der Waals surface area contributed by atoms with Crippen LogP contribution in [0.3, 0.4) is 0 Å². The Kier molecular flexibility index (Phi) is 8.72. The highest BCUT2D eigenvalue weighted by atomic mass is 32.2. The number of thiazole rings is 1. The summed E-state index contributed by atoms with van der Waals surface area (Å²) in [7, 11) is 0. The van der Waals surface area contributed by atoms with Gasteiger partial charge in [-0.05, 0) is 31.6 Å². The largest absolute Gasteiger partial charge is 0.312 e. The molecule has 0 fully saturated rings. The maximum Gasteiger partial charge on any atom is 0.103 e. The fourth-order valence-electron chi connectivity index (χ4n) is 1.72. The molecule has 0 spiro atoms. The van der Waals surface area contributed by atoms with Gasteiger partial charge in [0, 0.05) is 17.2 Å². The van der Waals surface area contributed by atoms with Gasteiger partial charge < -0.3 is 5.32 Å². The average Bonchev–Trinajstić information content (AvgIpc) is 2.77. The van der Waals surface area contributed by atoms with Crippen molar-refractivity contribution < 1.29 is 0 Å². The molecule has 0 aliphatic heterocycles. The second-order valence-electron chi connectivity index (χ2n) is 4.41. The molecule has 0 saturated carbocycles. The molecule has 0 radical (unpaired) electrons. The van der Waals surface area contributed by atoms with E-state index in [0.29, 0.717) is 0 Å². The van der Waals surface area contributed by atoms with Gasteiger partial charge in [0.05, 0.1) is 5.69 Å². The van der Waals surface area contributed by atoms with Crippen LogP contribution in [-0.2, 0) is 18.7 Å². The number of aromatic nitrogens is 1. The third-order valence-electron chi connectivity index (χ3n) is 2.72. The van der Waals surface area contributed by atoms with Crippen LogP contribution in [0.2, 0.25) is 0 Å². The van der Waals surface area contributed by atoms with Crippen LogP contribution in [0, 0.1) is 0 Å². The van der Waals surface area contributed by atoms with Crippen molar-refractivity contribution >= 4 is 23.1 Å². The molecule has 18 heavy (non-hydrogen) atoms. The van der Waals surface area contributed by atoms with E-state index in [0.717, 1.165) is 25.3 Å². The maximum absolute atomic E-state index is 4.76. The van der Waals surface area contributed by atoms with Crippen LogP contribution in [-0.4, -0.2) is 17.3 Å². The van der Waals surface area contributed by atoms with Gasteiger partial charge in [-0.15, -0.1) is 11.3 Å². The number of rotatable bonds is 10. The Morgan fingerprint density at radius 3 is 2.72 bits per heavy atom. The van der Waals surface area contributed by atoms with E-state index in [1.165, 1.54) is 40.6 Å². The van der Waals surface area contributed by atoms with Crippen molar-refractivity contribution in [2.75, 3.05) is 12.3 Å². The summed E-state index contributed by atoms with van der Waals surface area (Å²) in [6, 6.07) is 0. The maximum atomic E-state index is 4.76. The van der Waals surface area contributed by atoms with Gasteiger partial charge in [-0.1, -0.05) is 27.2 Å². The molecule has 0 aromatic carbocycles. The molecule has 0 amide bonds. The van der Waals surface area contributed by atoms with Gasteiger partial charge in [0.1, 0.15) is 5.01 Å². The normalized spacial score (nSPS) is 11.1. The molecule has 0 bridgehead atoms. The summed E-state index contributed by atoms with van der Waals surface area (Å²) in [5.41, 5.74) is 1.30. The molecule has 2 nitrogen and oxygen atoms in total. The zero-order valence-electron chi connectivity index (χ0n) is 11.9. The number of nitrogens with zero attached hydrogens (tertiary/aromatic N) is 1. The first-order valence-corrected chi connectivity index (χ1v) is 9.04. The lowest BCUT2D eigenvalue weighted by Gasteiger charge is -2.02. The first-order valence-electron chi connectivity index (χ1n) is 7.07. The smallest absolute Gasteiger partial charge is 0.103 e. The quantitative estimate of drug-likeness (QED) is 0.651. The van der Waals surface area contributed by atoms with Crippen LogP contribution in [0.5, 0.6) is 0 Å². The lowest BCUT2D eigenvalue weighted by Crippen LogP contribution is -2.14. The second kappa shape index (κ2) is 9.82. The minimum absolute atomic E-state index is 0.999. The summed E-state index contributed by atoms with van der Waals surface area (Å²) in [5.74, 6) is 2.32. The van der Waals surface area contributed by atoms with E-state index < -0.39 is 0 Å². The van der Waals surface area contributed by atoms with Gasteiger partial charge in [0.2, 0.25) is 0 Å². The minimum Gasteiger partial charge on any atom is -0.312 e. The van der Waals surface area contributed by atoms with E-state index >= 15 is 0 Å². The highest BCUT2D eigenvalue weighted by Gasteiger charge is 2.09. The number of nitrogens with one attached hydrogen (secondary N) is 1. The SMILES string of the molecule is CCCCNCc1sc(CSCCC)nc1CC. The topological polar surface area (TPSA) is 24.9 Å². The molecule has 0 aliphatic carbocycles. The zero-order chi connectivity index (χ0) is 13.2. The molecule has 1 heterocycles. The van der Waals surface area contributed by atoms with Gasteiger partial charge in [0.15, 0.2) is 0 Å². The van der Waals surface area contributed by atoms with E-state index in [1.54, 1.807) is 0 Å². The van der Waals surface area contributed by atoms with Crippen molar-refractivity contribution in [3.8, 4) is 0 Å². The molecule has 0 saturated heterocycles. The summed E-state index contributed by atoms with van der Waals surface area (Å²) >= 11 is 3.90. The lowest BCUT2D eigenvalue weighted by molar-refractivity contribution is 0.642. The average molecular weight is 287 g/mol. The van der Waals surface area contributed by atoms with Crippen molar-refractivity contribution in [1.82, 2.24) is 10.3 Å². The molecular weight excluding hydrogens is 260 g/mol. The Morgan fingerprint density at radius 2 is 2.06 bits per heavy atom. The van der Waals surface area contributed by atoms with Crippen molar-refractivity contribution in [2.24, 2.45) is 0 Å². The summed E-state index contributed by atoms with van der Waals surface area (Å²) < 4.78 is 0. The monoisotopic (exact) mass is 286 g/mol. The molecule has 1 aromatic rings. The fourth-order valence-corrected chi connectivity index (χ4v) is 3.80. The predicted molar refractivity (Wildman–Crippen MR) is 84.6 cm³/mol. The van der Waals surface area contributed by atoms with Crippen LogP contribution >= 0.6 is 23.1 Å². The molecule has 1 aromatic heterocycles. The molecule has 1 rings (SSSR count). The van der Waals surface area contributed by atoms with E-state index in [9.17, 15) is 0 Å². The first kappa shape index (κ1) is 16.0. The third kappa shape index (κ3) is 5.72. The number of thioether (sulfide) groups is 1. The molecule has 0 aliphatic rings. The second-order valence-corrected chi connectivity index (χ2v) is 6.69. The predicted octanol–water partition coefficient (Wildman–Crippen LogP) is 4.24. The first-order chi connectivity index (χ1) is 8.81. The van der Waals surface area contributed by atoms with Crippen LogP contribution < -0.4 is 5.32 Å². The van der Waals surface area contributed by atoms with Gasteiger partial charge in [-0.3, -0.25) is 0 Å². The van der Waals surface area contributed by atoms with E-state index in [1.807, 2.05) is 23.1 Å². The van der Waals surface area contributed by atoms with Crippen LogP contribution in [0.4, 0.5) is 0 Å². The summed E-state index contributed by atoms with van der Waals surface area (Å²) in [5, 5.41) is 4.82. The van der Waals surface area contributed by atoms with Gasteiger partial charge in [0.25, 0.3) is 0 Å². The number of hydrogen-bond acceptors (Lipinski definition) is 4. The molecular formula is C14H26N2S2. The van der Waals surface area contributed by atoms with Crippen LogP contribution in [0.15, 0.2) is 0 Å². The molecule has 104 valence electrons.